The van der Waals surface area contributed by atoms with E-state index in [1.54, 1.807) is 0 Å². The first-order chi connectivity index (χ1) is 10.2. The summed E-state index contributed by atoms with van der Waals surface area (Å²) in [5, 5.41) is 0.678. The quantitative estimate of drug-likeness (QED) is 0.783. The molecule has 3 rings (SSSR count). The van der Waals surface area contributed by atoms with Crippen LogP contribution < -0.4 is 0 Å². The van der Waals surface area contributed by atoms with E-state index in [2.05, 4.69) is 4.98 Å². The highest BCUT2D eigenvalue weighted by Crippen LogP contribution is 2.41. The number of carbonyl (C=O) groups excluding carboxylic acids is 1. The monoisotopic (exact) mass is 301 g/mol. The molecule has 21 heavy (non-hydrogen) atoms. The molecular formula is C17H16ClNO2. The maximum absolute atomic E-state index is 12.0. The molecule has 0 spiro atoms. The number of aromatic nitrogens is 1. The highest BCUT2D eigenvalue weighted by molar-refractivity contribution is 6.30. The molecule has 1 aromatic carbocycles. The summed E-state index contributed by atoms with van der Waals surface area (Å²) in [5.74, 6) is 0.0908. The van der Waals surface area contributed by atoms with E-state index in [4.69, 9.17) is 16.3 Å². The Bertz CT molecular complexity index is 680. The maximum atomic E-state index is 12.0. The van der Waals surface area contributed by atoms with Gasteiger partial charge in [0.2, 0.25) is 0 Å². The third-order valence-electron chi connectivity index (χ3n) is 3.50. The van der Waals surface area contributed by atoms with Gasteiger partial charge in [0.25, 0.3) is 0 Å². The van der Waals surface area contributed by atoms with Crippen LogP contribution >= 0.6 is 11.6 Å². The molecule has 0 aliphatic heterocycles. The topological polar surface area (TPSA) is 39.2 Å². The summed E-state index contributed by atoms with van der Waals surface area (Å²) in [6.07, 6.45) is 2.16. The van der Waals surface area contributed by atoms with Crippen LogP contribution in [0.3, 0.4) is 0 Å². The second-order valence-electron chi connectivity index (χ2n) is 5.13. The minimum absolute atomic E-state index is 0.287. The Kier molecular flexibility index (Phi) is 3.93. The van der Waals surface area contributed by atoms with Crippen LogP contribution in [0, 0.1) is 0 Å². The molecule has 0 bridgehead atoms. The molecule has 1 aliphatic carbocycles. The fourth-order valence-corrected chi connectivity index (χ4v) is 2.52. The fourth-order valence-electron chi connectivity index (χ4n) is 2.33. The normalized spacial score (nSPS) is 14.0. The van der Waals surface area contributed by atoms with Gasteiger partial charge in [0.1, 0.15) is 0 Å². The number of benzene rings is 1. The van der Waals surface area contributed by atoms with Crippen molar-refractivity contribution < 1.29 is 9.53 Å². The highest BCUT2D eigenvalue weighted by atomic mass is 35.5. The van der Waals surface area contributed by atoms with Gasteiger partial charge in [0.05, 0.1) is 23.6 Å². The second kappa shape index (κ2) is 5.86. The molecule has 0 saturated heterocycles. The van der Waals surface area contributed by atoms with Gasteiger partial charge < -0.3 is 4.74 Å². The van der Waals surface area contributed by atoms with E-state index in [-0.39, 0.29) is 5.97 Å². The van der Waals surface area contributed by atoms with Crippen molar-refractivity contribution >= 4 is 17.6 Å². The molecule has 1 saturated carbocycles. The Morgan fingerprint density at radius 3 is 2.81 bits per heavy atom. The number of halogens is 1. The first-order valence-electron chi connectivity index (χ1n) is 7.13. The summed E-state index contributed by atoms with van der Waals surface area (Å²) in [7, 11) is 0. The van der Waals surface area contributed by atoms with Crippen LogP contribution in [0.1, 0.15) is 41.7 Å². The van der Waals surface area contributed by atoms with Gasteiger partial charge in [-0.15, -0.1) is 0 Å². The van der Waals surface area contributed by atoms with E-state index >= 15 is 0 Å². The number of hydrogen-bond donors (Lipinski definition) is 0. The summed E-state index contributed by atoms with van der Waals surface area (Å²) < 4.78 is 5.11. The van der Waals surface area contributed by atoms with Crippen molar-refractivity contribution in [3.63, 3.8) is 0 Å². The SMILES string of the molecule is CCOC(=O)c1ccc(-c2cccc(Cl)c2)nc1C1CC1. The van der Waals surface area contributed by atoms with Gasteiger partial charge in [-0.2, -0.15) is 0 Å². The number of hydrogen-bond acceptors (Lipinski definition) is 3. The standard InChI is InChI=1S/C17H16ClNO2/c1-2-21-17(20)14-8-9-15(19-16(14)11-6-7-11)12-4-3-5-13(18)10-12/h3-5,8-11H,2,6-7H2,1H3. The summed E-state index contributed by atoms with van der Waals surface area (Å²) in [4.78, 5) is 16.7. The number of ether oxygens (including phenoxy) is 1. The average Bonchev–Trinajstić information content (AvgIpc) is 3.31. The lowest BCUT2D eigenvalue weighted by molar-refractivity contribution is 0.0524. The first kappa shape index (κ1) is 14.1. The number of esters is 1. The molecule has 4 heteroatoms. The Morgan fingerprint density at radius 2 is 2.14 bits per heavy atom. The van der Waals surface area contributed by atoms with Gasteiger partial charge in [-0.1, -0.05) is 23.7 Å². The lowest BCUT2D eigenvalue weighted by Gasteiger charge is -2.10. The van der Waals surface area contributed by atoms with Crippen LogP contribution in [-0.4, -0.2) is 17.6 Å². The molecule has 1 aliphatic rings. The van der Waals surface area contributed by atoms with Crippen LogP contribution in [0.4, 0.5) is 0 Å². The molecule has 0 N–H and O–H groups in total. The Morgan fingerprint density at radius 1 is 1.33 bits per heavy atom. The van der Waals surface area contributed by atoms with E-state index in [1.807, 2.05) is 43.3 Å². The van der Waals surface area contributed by atoms with Gasteiger partial charge in [0.15, 0.2) is 0 Å². The zero-order valence-corrected chi connectivity index (χ0v) is 12.6. The Hall–Kier alpha value is -1.87. The number of pyridine rings is 1. The van der Waals surface area contributed by atoms with Gasteiger partial charge in [-0.25, -0.2) is 4.79 Å². The van der Waals surface area contributed by atoms with Gasteiger partial charge in [0, 0.05) is 16.5 Å². The fraction of sp³-hybridized carbons (Fsp3) is 0.294. The molecule has 1 aromatic heterocycles. The third kappa shape index (κ3) is 3.08. The van der Waals surface area contributed by atoms with E-state index in [1.165, 1.54) is 0 Å². The number of rotatable bonds is 4. The predicted molar refractivity (Wildman–Crippen MR) is 82.6 cm³/mol. The van der Waals surface area contributed by atoms with Crippen LogP contribution in [0.2, 0.25) is 5.02 Å². The maximum Gasteiger partial charge on any atom is 0.339 e. The molecule has 3 nitrogen and oxygen atoms in total. The van der Waals surface area contributed by atoms with E-state index < -0.39 is 0 Å². The van der Waals surface area contributed by atoms with Crippen molar-refractivity contribution in [2.75, 3.05) is 6.61 Å². The van der Waals surface area contributed by atoms with Gasteiger partial charge >= 0.3 is 5.97 Å². The first-order valence-corrected chi connectivity index (χ1v) is 7.51. The minimum Gasteiger partial charge on any atom is -0.462 e. The van der Waals surface area contributed by atoms with E-state index in [9.17, 15) is 4.79 Å². The molecule has 0 amide bonds. The second-order valence-corrected chi connectivity index (χ2v) is 5.57. The molecule has 0 atom stereocenters. The van der Waals surface area contributed by atoms with Crippen LogP contribution in [-0.2, 0) is 4.74 Å². The summed E-state index contributed by atoms with van der Waals surface area (Å²) >= 11 is 6.03. The van der Waals surface area contributed by atoms with E-state index in [0.29, 0.717) is 23.1 Å². The Labute approximate surface area is 128 Å². The average molecular weight is 302 g/mol. The lowest BCUT2D eigenvalue weighted by Crippen LogP contribution is -2.09. The van der Waals surface area contributed by atoms with Crippen molar-refractivity contribution in [2.24, 2.45) is 0 Å². The lowest BCUT2D eigenvalue weighted by atomic mass is 10.1. The summed E-state index contributed by atoms with van der Waals surface area (Å²) in [5.41, 5.74) is 3.24. The molecule has 2 aromatic rings. The smallest absolute Gasteiger partial charge is 0.339 e. The molecular weight excluding hydrogens is 286 g/mol. The molecule has 1 heterocycles. The molecule has 0 radical (unpaired) electrons. The summed E-state index contributed by atoms with van der Waals surface area (Å²) in [6, 6.07) is 11.2. The van der Waals surface area contributed by atoms with Crippen molar-refractivity contribution in [1.29, 1.82) is 0 Å². The van der Waals surface area contributed by atoms with Crippen LogP contribution in [0.25, 0.3) is 11.3 Å². The predicted octanol–water partition coefficient (Wildman–Crippen LogP) is 4.46. The van der Waals surface area contributed by atoms with Crippen molar-refractivity contribution in [1.82, 2.24) is 4.98 Å². The van der Waals surface area contributed by atoms with E-state index in [0.717, 1.165) is 29.8 Å². The zero-order valence-electron chi connectivity index (χ0n) is 11.8. The highest BCUT2D eigenvalue weighted by Gasteiger charge is 2.30. The van der Waals surface area contributed by atoms with Crippen LogP contribution in [0.15, 0.2) is 36.4 Å². The molecule has 108 valence electrons. The number of carbonyl (C=O) groups is 1. The molecule has 0 unspecified atom stereocenters. The van der Waals surface area contributed by atoms with Crippen molar-refractivity contribution in [3.8, 4) is 11.3 Å². The minimum atomic E-state index is -0.287. The molecule has 1 fully saturated rings. The van der Waals surface area contributed by atoms with Crippen LogP contribution in [0.5, 0.6) is 0 Å². The van der Waals surface area contributed by atoms with Crippen molar-refractivity contribution in [3.05, 3.63) is 52.7 Å². The van der Waals surface area contributed by atoms with Gasteiger partial charge in [-0.3, -0.25) is 4.98 Å². The largest absolute Gasteiger partial charge is 0.462 e. The third-order valence-corrected chi connectivity index (χ3v) is 3.74. The Balaban J connectivity index is 2.01. The zero-order chi connectivity index (χ0) is 14.8. The summed E-state index contributed by atoms with van der Waals surface area (Å²) in [6.45, 7) is 2.18. The van der Waals surface area contributed by atoms with Crippen molar-refractivity contribution in [2.45, 2.75) is 25.7 Å². The number of nitrogens with zero attached hydrogens (tertiary/aromatic N) is 1. The van der Waals surface area contributed by atoms with Gasteiger partial charge in [-0.05, 0) is 44.0 Å².